The summed E-state index contributed by atoms with van der Waals surface area (Å²) in [6.07, 6.45) is 6.59. The normalized spacial score (nSPS) is 28.6. The minimum Gasteiger partial charge on any atom is -0.330 e. The quantitative estimate of drug-likeness (QED) is 0.759. The van der Waals surface area contributed by atoms with Gasteiger partial charge in [0.25, 0.3) is 0 Å². The standard InChI is InChI=1S/C17H36N2/c1-6-16(7-2)19(12-13(3)4)17-10-14(5)8-9-15(17)11-18/h13-17H,6-12,18H2,1-5H3. The maximum absolute atomic E-state index is 6.06. The van der Waals surface area contributed by atoms with E-state index >= 15 is 0 Å². The van der Waals surface area contributed by atoms with Crippen LogP contribution in [0, 0.1) is 17.8 Å². The van der Waals surface area contributed by atoms with Crippen LogP contribution < -0.4 is 5.73 Å². The van der Waals surface area contributed by atoms with Gasteiger partial charge in [-0.15, -0.1) is 0 Å². The highest BCUT2D eigenvalue weighted by molar-refractivity contribution is 4.89. The second-order valence-corrected chi connectivity index (χ2v) is 7.04. The third kappa shape index (κ3) is 4.75. The zero-order chi connectivity index (χ0) is 14.4. The Balaban J connectivity index is 2.85. The van der Waals surface area contributed by atoms with Gasteiger partial charge in [0, 0.05) is 18.6 Å². The molecule has 1 saturated carbocycles. The molecule has 1 fully saturated rings. The molecule has 0 aromatic carbocycles. The van der Waals surface area contributed by atoms with Crippen LogP contribution >= 0.6 is 0 Å². The van der Waals surface area contributed by atoms with Crippen molar-refractivity contribution in [3.8, 4) is 0 Å². The molecule has 0 amide bonds. The maximum Gasteiger partial charge on any atom is 0.0141 e. The zero-order valence-electron chi connectivity index (χ0n) is 13.9. The van der Waals surface area contributed by atoms with Crippen LogP contribution in [-0.2, 0) is 0 Å². The molecule has 2 nitrogen and oxygen atoms in total. The van der Waals surface area contributed by atoms with Gasteiger partial charge in [-0.1, -0.05) is 41.0 Å². The summed E-state index contributed by atoms with van der Waals surface area (Å²) in [6.45, 7) is 13.9. The van der Waals surface area contributed by atoms with Crippen molar-refractivity contribution in [1.82, 2.24) is 4.90 Å². The highest BCUT2D eigenvalue weighted by Crippen LogP contribution is 2.34. The van der Waals surface area contributed by atoms with Crippen LogP contribution in [0.15, 0.2) is 0 Å². The van der Waals surface area contributed by atoms with Gasteiger partial charge in [0.15, 0.2) is 0 Å². The van der Waals surface area contributed by atoms with Gasteiger partial charge < -0.3 is 5.73 Å². The summed E-state index contributed by atoms with van der Waals surface area (Å²) in [6, 6.07) is 1.47. The number of hydrogen-bond acceptors (Lipinski definition) is 2. The van der Waals surface area contributed by atoms with E-state index in [-0.39, 0.29) is 0 Å². The molecule has 0 heterocycles. The summed E-state index contributed by atoms with van der Waals surface area (Å²) in [5.41, 5.74) is 6.06. The Morgan fingerprint density at radius 1 is 1.16 bits per heavy atom. The smallest absolute Gasteiger partial charge is 0.0141 e. The van der Waals surface area contributed by atoms with E-state index in [2.05, 4.69) is 39.5 Å². The monoisotopic (exact) mass is 268 g/mol. The summed E-state index contributed by atoms with van der Waals surface area (Å²) in [7, 11) is 0. The van der Waals surface area contributed by atoms with Crippen molar-refractivity contribution in [1.29, 1.82) is 0 Å². The first kappa shape index (κ1) is 17.0. The van der Waals surface area contributed by atoms with Crippen LogP contribution in [0.4, 0.5) is 0 Å². The number of hydrogen-bond donors (Lipinski definition) is 1. The van der Waals surface area contributed by atoms with Gasteiger partial charge in [0.1, 0.15) is 0 Å². The Morgan fingerprint density at radius 2 is 1.79 bits per heavy atom. The fourth-order valence-corrected chi connectivity index (χ4v) is 3.83. The molecular weight excluding hydrogens is 232 g/mol. The SMILES string of the molecule is CCC(CC)N(CC(C)C)C1CC(C)CCC1CN. The summed E-state index contributed by atoms with van der Waals surface area (Å²) >= 11 is 0. The van der Waals surface area contributed by atoms with Crippen molar-refractivity contribution in [3.05, 3.63) is 0 Å². The Labute approximate surface area is 121 Å². The molecule has 0 aliphatic heterocycles. The molecule has 2 N–H and O–H groups in total. The van der Waals surface area contributed by atoms with Gasteiger partial charge in [-0.3, -0.25) is 4.90 Å². The van der Waals surface area contributed by atoms with E-state index in [1.807, 2.05) is 0 Å². The molecule has 0 bridgehead atoms. The van der Waals surface area contributed by atoms with Crippen LogP contribution in [-0.4, -0.2) is 30.1 Å². The van der Waals surface area contributed by atoms with Gasteiger partial charge >= 0.3 is 0 Å². The van der Waals surface area contributed by atoms with E-state index in [0.29, 0.717) is 0 Å². The number of nitrogens with zero attached hydrogens (tertiary/aromatic N) is 1. The van der Waals surface area contributed by atoms with E-state index in [1.54, 1.807) is 0 Å². The minimum atomic E-state index is 0.718. The lowest BCUT2D eigenvalue weighted by molar-refractivity contribution is 0.0366. The molecule has 0 aromatic heterocycles. The van der Waals surface area contributed by atoms with Gasteiger partial charge in [0.2, 0.25) is 0 Å². The van der Waals surface area contributed by atoms with E-state index in [9.17, 15) is 0 Å². The van der Waals surface area contributed by atoms with Crippen LogP contribution in [0.3, 0.4) is 0 Å². The van der Waals surface area contributed by atoms with Crippen LogP contribution in [0.25, 0.3) is 0 Å². The lowest BCUT2D eigenvalue weighted by atomic mass is 9.77. The number of nitrogens with two attached hydrogens (primary N) is 1. The molecule has 0 saturated heterocycles. The maximum atomic E-state index is 6.06. The van der Waals surface area contributed by atoms with Crippen molar-refractivity contribution >= 4 is 0 Å². The molecule has 1 rings (SSSR count). The summed E-state index contributed by atoms with van der Waals surface area (Å²) in [5, 5.41) is 0. The minimum absolute atomic E-state index is 0.718. The van der Waals surface area contributed by atoms with Gasteiger partial charge in [-0.25, -0.2) is 0 Å². The molecule has 3 atom stereocenters. The zero-order valence-corrected chi connectivity index (χ0v) is 13.9. The van der Waals surface area contributed by atoms with Gasteiger partial charge in [0.05, 0.1) is 0 Å². The Bertz CT molecular complexity index is 235. The van der Waals surface area contributed by atoms with Crippen molar-refractivity contribution < 1.29 is 0 Å². The summed E-state index contributed by atoms with van der Waals surface area (Å²) < 4.78 is 0. The van der Waals surface area contributed by atoms with Crippen molar-refractivity contribution in [2.24, 2.45) is 23.5 Å². The molecular formula is C17H36N2. The fourth-order valence-electron chi connectivity index (χ4n) is 3.83. The average Bonchev–Trinajstić information content (AvgIpc) is 2.38. The van der Waals surface area contributed by atoms with Crippen molar-refractivity contribution in [3.63, 3.8) is 0 Å². The first-order valence-corrected chi connectivity index (χ1v) is 8.49. The van der Waals surface area contributed by atoms with Crippen molar-refractivity contribution in [2.45, 2.75) is 78.8 Å². The lowest BCUT2D eigenvalue weighted by Crippen LogP contribution is -2.52. The molecule has 1 aliphatic rings. The molecule has 19 heavy (non-hydrogen) atoms. The largest absolute Gasteiger partial charge is 0.330 e. The van der Waals surface area contributed by atoms with E-state index in [0.717, 1.165) is 36.4 Å². The second-order valence-electron chi connectivity index (χ2n) is 7.04. The predicted molar refractivity (Wildman–Crippen MR) is 85.3 cm³/mol. The molecule has 1 aliphatic carbocycles. The average molecular weight is 268 g/mol. The topological polar surface area (TPSA) is 29.3 Å². The van der Waals surface area contributed by atoms with Crippen LogP contribution in [0.5, 0.6) is 0 Å². The first-order chi connectivity index (χ1) is 9.03. The second kappa shape index (κ2) is 8.26. The molecule has 0 spiro atoms. The summed E-state index contributed by atoms with van der Waals surface area (Å²) in [5.74, 6) is 2.34. The predicted octanol–water partition coefficient (Wildman–Crippen LogP) is 3.90. The molecule has 3 unspecified atom stereocenters. The van der Waals surface area contributed by atoms with E-state index < -0.39 is 0 Å². The van der Waals surface area contributed by atoms with Crippen LogP contribution in [0.1, 0.15) is 66.7 Å². The van der Waals surface area contributed by atoms with E-state index in [1.165, 1.54) is 38.6 Å². The first-order valence-electron chi connectivity index (χ1n) is 8.49. The Hall–Kier alpha value is -0.0800. The Morgan fingerprint density at radius 3 is 2.26 bits per heavy atom. The van der Waals surface area contributed by atoms with Crippen LogP contribution in [0.2, 0.25) is 0 Å². The highest BCUT2D eigenvalue weighted by atomic mass is 15.2. The molecule has 0 radical (unpaired) electrons. The third-order valence-corrected chi connectivity index (χ3v) is 4.93. The molecule has 0 aromatic rings. The summed E-state index contributed by atoms with van der Waals surface area (Å²) in [4.78, 5) is 2.82. The number of rotatable bonds is 7. The van der Waals surface area contributed by atoms with Crippen molar-refractivity contribution in [2.75, 3.05) is 13.1 Å². The third-order valence-electron chi connectivity index (χ3n) is 4.93. The molecule has 114 valence electrons. The lowest BCUT2D eigenvalue weighted by Gasteiger charge is -2.46. The Kier molecular flexibility index (Phi) is 7.38. The highest BCUT2D eigenvalue weighted by Gasteiger charge is 2.34. The van der Waals surface area contributed by atoms with E-state index in [4.69, 9.17) is 5.73 Å². The van der Waals surface area contributed by atoms with Gasteiger partial charge in [-0.2, -0.15) is 0 Å². The van der Waals surface area contributed by atoms with Gasteiger partial charge in [-0.05, 0) is 50.0 Å². The molecule has 2 heteroatoms. The fraction of sp³-hybridized carbons (Fsp3) is 1.00.